The van der Waals surface area contributed by atoms with E-state index in [0.717, 1.165) is 29.0 Å². The third kappa shape index (κ3) is 5.84. The van der Waals surface area contributed by atoms with E-state index in [9.17, 15) is 4.79 Å². The Hall–Kier alpha value is -0.730. The van der Waals surface area contributed by atoms with Gasteiger partial charge in [-0.25, -0.2) is 0 Å². The Balaban J connectivity index is 2.78. The highest BCUT2D eigenvalue weighted by atomic mass is 35.5. The molecule has 0 spiro atoms. The van der Waals surface area contributed by atoms with Crippen LogP contribution in [0.3, 0.4) is 0 Å². The zero-order chi connectivity index (χ0) is 14.3. The van der Waals surface area contributed by atoms with Gasteiger partial charge in [0.05, 0.1) is 5.02 Å². The van der Waals surface area contributed by atoms with Crippen LogP contribution in [0.4, 0.5) is 0 Å². The normalized spacial score (nSPS) is 13.7. The van der Waals surface area contributed by atoms with Crippen LogP contribution in [0.25, 0.3) is 0 Å². The zero-order valence-corrected chi connectivity index (χ0v) is 13.4. The van der Waals surface area contributed by atoms with Crippen LogP contribution in [0, 0.1) is 0 Å². The van der Waals surface area contributed by atoms with Crippen LogP contribution in [0.2, 0.25) is 5.02 Å². The van der Waals surface area contributed by atoms with Gasteiger partial charge >= 0.3 is 0 Å². The van der Waals surface area contributed by atoms with Crippen molar-refractivity contribution in [2.75, 3.05) is 0 Å². The smallest absolute Gasteiger partial charge is 0.121 e. The summed E-state index contributed by atoms with van der Waals surface area (Å²) in [6, 6.07) is 7.80. The summed E-state index contributed by atoms with van der Waals surface area (Å²) in [4.78, 5) is 12.0. The summed E-state index contributed by atoms with van der Waals surface area (Å²) in [5.74, 6) is 0. The molecule has 1 nitrogen and oxygen atoms in total. The molecule has 104 valence electrons. The van der Waals surface area contributed by atoms with Crippen LogP contribution >= 0.6 is 23.4 Å². The fraction of sp³-hybridized carbons (Fsp3) is 0.438. The zero-order valence-electron chi connectivity index (χ0n) is 11.8. The van der Waals surface area contributed by atoms with Gasteiger partial charge in [-0.2, -0.15) is 0 Å². The van der Waals surface area contributed by atoms with Gasteiger partial charge in [0.2, 0.25) is 0 Å². The van der Waals surface area contributed by atoms with E-state index in [-0.39, 0.29) is 4.75 Å². The summed E-state index contributed by atoms with van der Waals surface area (Å²) in [6.07, 6.45) is 5.72. The van der Waals surface area contributed by atoms with Crippen LogP contribution in [-0.4, -0.2) is 11.0 Å². The van der Waals surface area contributed by atoms with Gasteiger partial charge in [0.1, 0.15) is 6.29 Å². The number of carbonyl (C=O) groups excluding carboxylic acids is 1. The first-order valence-corrected chi connectivity index (χ1v) is 7.67. The summed E-state index contributed by atoms with van der Waals surface area (Å²) in [5, 5.41) is 0.756. The number of aldehydes is 1. The van der Waals surface area contributed by atoms with Crippen molar-refractivity contribution in [3.63, 3.8) is 0 Å². The van der Waals surface area contributed by atoms with E-state index in [1.165, 1.54) is 5.57 Å². The van der Waals surface area contributed by atoms with Crippen LogP contribution < -0.4 is 0 Å². The maximum atomic E-state index is 10.9. The van der Waals surface area contributed by atoms with Crippen molar-refractivity contribution in [3.05, 3.63) is 40.9 Å². The molecule has 1 aromatic carbocycles. The second-order valence-corrected chi connectivity index (χ2v) is 7.21. The van der Waals surface area contributed by atoms with E-state index in [0.29, 0.717) is 6.42 Å². The lowest BCUT2D eigenvalue weighted by molar-refractivity contribution is -0.108. The Morgan fingerprint density at radius 2 is 2.05 bits per heavy atom. The van der Waals surface area contributed by atoms with Gasteiger partial charge in [-0.1, -0.05) is 35.4 Å². The molecule has 0 bridgehead atoms. The van der Waals surface area contributed by atoms with Crippen molar-refractivity contribution in [3.8, 4) is 0 Å². The Bertz CT molecular complexity index is 452. The van der Waals surface area contributed by atoms with Crippen molar-refractivity contribution in [2.24, 2.45) is 0 Å². The Kier molecular flexibility index (Phi) is 6.67. The largest absolute Gasteiger partial charge is 0.303 e. The average Bonchev–Trinajstić information content (AvgIpc) is 2.32. The summed E-state index contributed by atoms with van der Waals surface area (Å²) >= 11 is 7.90. The maximum Gasteiger partial charge on any atom is 0.121 e. The summed E-state index contributed by atoms with van der Waals surface area (Å²) in [5.41, 5.74) is 1.32. The van der Waals surface area contributed by atoms with E-state index in [1.54, 1.807) is 11.8 Å². The second-order valence-electron chi connectivity index (χ2n) is 5.17. The number of halogens is 1. The molecule has 1 aromatic rings. The van der Waals surface area contributed by atoms with Crippen molar-refractivity contribution in [1.82, 2.24) is 0 Å². The quantitative estimate of drug-likeness (QED) is 0.374. The van der Waals surface area contributed by atoms with Crippen molar-refractivity contribution >= 4 is 29.6 Å². The first kappa shape index (κ1) is 16.3. The highest BCUT2D eigenvalue weighted by Gasteiger charge is 2.25. The van der Waals surface area contributed by atoms with Gasteiger partial charge in [0.25, 0.3) is 0 Å². The lowest BCUT2D eigenvalue weighted by Gasteiger charge is -2.27. The van der Waals surface area contributed by atoms with Crippen molar-refractivity contribution in [2.45, 2.75) is 49.7 Å². The monoisotopic (exact) mass is 296 g/mol. The third-order valence-corrected chi connectivity index (χ3v) is 4.82. The SMILES string of the molecule is CC(C)=CCCC(C)(CC=O)Sc1ccccc1Cl. The molecule has 3 heteroatoms. The Morgan fingerprint density at radius 1 is 1.37 bits per heavy atom. The summed E-state index contributed by atoms with van der Waals surface area (Å²) in [7, 11) is 0. The number of hydrogen-bond donors (Lipinski definition) is 0. The van der Waals surface area contributed by atoms with E-state index in [2.05, 4.69) is 26.8 Å². The van der Waals surface area contributed by atoms with E-state index in [4.69, 9.17) is 11.6 Å². The highest BCUT2D eigenvalue weighted by molar-refractivity contribution is 8.00. The molecule has 1 rings (SSSR count). The van der Waals surface area contributed by atoms with Crippen LogP contribution in [0.15, 0.2) is 40.8 Å². The Labute approximate surface area is 125 Å². The summed E-state index contributed by atoms with van der Waals surface area (Å²) < 4.78 is -0.0985. The van der Waals surface area contributed by atoms with Gasteiger partial charge in [-0.15, -0.1) is 11.8 Å². The minimum atomic E-state index is -0.0985. The predicted molar refractivity (Wildman–Crippen MR) is 85.1 cm³/mol. The van der Waals surface area contributed by atoms with Crippen molar-refractivity contribution in [1.29, 1.82) is 0 Å². The predicted octanol–water partition coefficient (Wildman–Crippen LogP) is 5.53. The molecule has 0 radical (unpaired) electrons. The van der Waals surface area contributed by atoms with Gasteiger partial charge in [-0.3, -0.25) is 0 Å². The van der Waals surface area contributed by atoms with Gasteiger partial charge in [-0.05, 0) is 45.7 Å². The Morgan fingerprint density at radius 3 is 2.63 bits per heavy atom. The van der Waals surface area contributed by atoms with Crippen LogP contribution in [-0.2, 0) is 4.79 Å². The molecule has 0 saturated carbocycles. The van der Waals surface area contributed by atoms with E-state index >= 15 is 0 Å². The standard InChI is InChI=1S/C16H21ClOS/c1-13(2)7-6-10-16(3,11-12-18)19-15-9-5-4-8-14(15)17/h4-5,7-9,12H,6,10-11H2,1-3H3. The summed E-state index contributed by atoms with van der Waals surface area (Å²) in [6.45, 7) is 6.32. The molecule has 0 N–H and O–H groups in total. The molecule has 0 amide bonds. The van der Waals surface area contributed by atoms with Crippen LogP contribution in [0.5, 0.6) is 0 Å². The lowest BCUT2D eigenvalue weighted by atomic mass is 10.0. The average molecular weight is 297 g/mol. The molecule has 0 aromatic heterocycles. The van der Waals surface area contributed by atoms with Gasteiger partial charge in [0, 0.05) is 16.1 Å². The third-order valence-electron chi connectivity index (χ3n) is 2.93. The molecule has 19 heavy (non-hydrogen) atoms. The molecule has 1 unspecified atom stereocenters. The molecule has 0 fully saturated rings. The number of carbonyl (C=O) groups is 1. The molecule has 0 aliphatic carbocycles. The van der Waals surface area contributed by atoms with E-state index < -0.39 is 0 Å². The molecule has 0 aliphatic rings. The molecular weight excluding hydrogens is 276 g/mol. The van der Waals surface area contributed by atoms with Crippen LogP contribution in [0.1, 0.15) is 40.0 Å². The molecule has 0 aliphatic heterocycles. The lowest BCUT2D eigenvalue weighted by Crippen LogP contribution is -2.20. The first-order chi connectivity index (χ1) is 8.97. The number of hydrogen-bond acceptors (Lipinski definition) is 2. The topological polar surface area (TPSA) is 17.1 Å². The minimum absolute atomic E-state index is 0.0985. The first-order valence-electron chi connectivity index (χ1n) is 6.47. The van der Waals surface area contributed by atoms with E-state index in [1.807, 2.05) is 24.3 Å². The van der Waals surface area contributed by atoms with Gasteiger partial charge in [0.15, 0.2) is 0 Å². The maximum absolute atomic E-state index is 10.9. The molecule has 0 heterocycles. The fourth-order valence-corrected chi connectivity index (χ4v) is 3.30. The number of benzene rings is 1. The fourth-order valence-electron chi connectivity index (χ4n) is 1.83. The second kappa shape index (κ2) is 7.76. The van der Waals surface area contributed by atoms with Crippen molar-refractivity contribution < 1.29 is 4.79 Å². The van der Waals surface area contributed by atoms with Gasteiger partial charge < -0.3 is 4.79 Å². The minimum Gasteiger partial charge on any atom is -0.303 e. The number of allylic oxidation sites excluding steroid dienone is 2. The number of rotatable bonds is 7. The number of thioether (sulfide) groups is 1. The molecule has 1 atom stereocenters. The highest BCUT2D eigenvalue weighted by Crippen LogP contribution is 2.41. The molecular formula is C16H21ClOS. The molecule has 0 saturated heterocycles.